The summed E-state index contributed by atoms with van der Waals surface area (Å²) in [5, 5.41) is 0.286. The number of nitrogens with one attached hydrogen (secondary N) is 1. The quantitative estimate of drug-likeness (QED) is 0.551. The summed E-state index contributed by atoms with van der Waals surface area (Å²) in [4.78, 5) is 28.3. The van der Waals surface area contributed by atoms with Crippen LogP contribution in [0.2, 0.25) is 5.15 Å². The maximum Gasteiger partial charge on any atom is 0.332 e. The van der Waals surface area contributed by atoms with Crippen molar-refractivity contribution in [3.8, 4) is 17.1 Å². The largest absolute Gasteiger partial charge is 0.332 e. The molecule has 0 aliphatic heterocycles. The molecular weight excluding hydrogens is 340 g/mol. The number of aromatic amines is 1. The number of fused-ring (bicyclic) bond motifs is 1. The second-order valence-electron chi connectivity index (χ2n) is 5.34. The zero-order valence-electron chi connectivity index (χ0n) is 13.0. The van der Waals surface area contributed by atoms with E-state index in [-0.39, 0.29) is 17.4 Å². The molecule has 0 fully saturated rings. The highest BCUT2D eigenvalue weighted by atomic mass is 35.5. The molecule has 25 heavy (non-hydrogen) atoms. The summed E-state index contributed by atoms with van der Waals surface area (Å²) in [6.45, 7) is 0.151. The molecule has 0 saturated carbocycles. The van der Waals surface area contributed by atoms with E-state index in [0.29, 0.717) is 33.9 Å². The van der Waals surface area contributed by atoms with E-state index in [4.69, 9.17) is 17.3 Å². The third-order valence-corrected chi connectivity index (χ3v) is 4.12. The molecule has 0 bridgehead atoms. The molecule has 0 unspecified atom stereocenters. The number of hydrogen-bond acceptors (Lipinski definition) is 5. The number of benzene rings is 1. The number of aromatic nitrogens is 5. The van der Waals surface area contributed by atoms with Crippen LogP contribution in [-0.2, 0) is 6.54 Å². The number of rotatable bonds is 3. The molecule has 8 heteroatoms. The summed E-state index contributed by atoms with van der Waals surface area (Å²) in [6.07, 6.45) is 1.59. The van der Waals surface area contributed by atoms with Crippen molar-refractivity contribution in [2.75, 3.05) is 0 Å². The van der Waals surface area contributed by atoms with Gasteiger partial charge >= 0.3 is 5.69 Å². The zero-order valence-corrected chi connectivity index (χ0v) is 13.7. The predicted molar refractivity (Wildman–Crippen MR) is 95.6 cm³/mol. The van der Waals surface area contributed by atoms with E-state index in [1.807, 2.05) is 30.3 Å². The molecule has 0 atom stereocenters. The van der Waals surface area contributed by atoms with Crippen LogP contribution in [0.15, 0.2) is 53.5 Å². The van der Waals surface area contributed by atoms with Crippen molar-refractivity contribution in [1.82, 2.24) is 24.5 Å². The Morgan fingerprint density at radius 2 is 1.92 bits per heavy atom. The zero-order chi connectivity index (χ0) is 17.4. The Morgan fingerprint density at radius 3 is 2.64 bits per heavy atom. The van der Waals surface area contributed by atoms with Gasteiger partial charge in [0.25, 0.3) is 0 Å². The van der Waals surface area contributed by atoms with Gasteiger partial charge in [-0.1, -0.05) is 29.8 Å². The van der Waals surface area contributed by atoms with Crippen LogP contribution in [0, 0.1) is 0 Å². The summed E-state index contributed by atoms with van der Waals surface area (Å²) < 4.78 is 1.49. The van der Waals surface area contributed by atoms with Crippen LogP contribution < -0.4 is 11.4 Å². The molecule has 3 heterocycles. The van der Waals surface area contributed by atoms with Crippen molar-refractivity contribution in [3.05, 3.63) is 70.0 Å². The van der Waals surface area contributed by atoms with Gasteiger partial charge in [-0.25, -0.2) is 24.3 Å². The van der Waals surface area contributed by atoms with Gasteiger partial charge in [0.05, 0.1) is 16.9 Å². The highest BCUT2D eigenvalue weighted by Crippen LogP contribution is 2.25. The smallest absolute Gasteiger partial charge is 0.325 e. The van der Waals surface area contributed by atoms with E-state index in [1.54, 1.807) is 18.3 Å². The number of imidazole rings is 1. The number of nitrogens with two attached hydrogens (primary N) is 1. The van der Waals surface area contributed by atoms with E-state index in [2.05, 4.69) is 19.9 Å². The number of H-pyrrole nitrogens is 1. The van der Waals surface area contributed by atoms with Gasteiger partial charge in [0.1, 0.15) is 10.7 Å². The fraction of sp³-hybridized carbons (Fsp3) is 0.0588. The highest BCUT2D eigenvalue weighted by molar-refractivity contribution is 6.31. The Balaban J connectivity index is 2.06. The first-order chi connectivity index (χ1) is 12.2. The first-order valence-corrected chi connectivity index (χ1v) is 7.95. The van der Waals surface area contributed by atoms with Gasteiger partial charge in [0.15, 0.2) is 11.5 Å². The second-order valence-corrected chi connectivity index (χ2v) is 5.70. The minimum atomic E-state index is -0.306. The first kappa shape index (κ1) is 15.5. The molecule has 1 aromatic carbocycles. The lowest BCUT2D eigenvalue weighted by molar-refractivity contribution is 0.980. The van der Waals surface area contributed by atoms with Crippen molar-refractivity contribution in [2.24, 2.45) is 5.73 Å². The second kappa shape index (κ2) is 6.12. The van der Waals surface area contributed by atoms with Gasteiger partial charge in [0.2, 0.25) is 0 Å². The van der Waals surface area contributed by atoms with Crippen LogP contribution in [0.4, 0.5) is 0 Å². The fourth-order valence-electron chi connectivity index (χ4n) is 2.68. The Labute approximate surface area is 147 Å². The summed E-state index contributed by atoms with van der Waals surface area (Å²) >= 11 is 6.17. The minimum absolute atomic E-state index is 0.151. The molecule has 4 rings (SSSR count). The molecule has 3 aromatic heterocycles. The molecule has 7 nitrogen and oxygen atoms in total. The number of hydrogen-bond donors (Lipinski definition) is 2. The molecule has 4 aromatic rings. The standard InChI is InChI=1S/C17H13ClN6O/c18-14-11(7-4-8-20-14)15-21-12(9-19)13-16(23-15)24(17(25)22-13)10-5-2-1-3-6-10/h1-8H,9,19H2,(H,22,25). The number of nitrogens with zero attached hydrogens (tertiary/aromatic N) is 4. The third-order valence-electron chi connectivity index (χ3n) is 3.82. The molecule has 0 saturated heterocycles. The normalized spacial score (nSPS) is 11.1. The molecule has 0 spiro atoms. The summed E-state index contributed by atoms with van der Waals surface area (Å²) in [5.74, 6) is 0.370. The lowest BCUT2D eigenvalue weighted by Crippen LogP contribution is -2.14. The van der Waals surface area contributed by atoms with Crippen LogP contribution in [0.25, 0.3) is 28.2 Å². The molecule has 0 radical (unpaired) electrons. The SMILES string of the molecule is NCc1nc(-c2cccnc2Cl)nc2c1[nH]c(=O)n2-c1ccccc1. The van der Waals surface area contributed by atoms with E-state index in [1.165, 1.54) is 4.57 Å². The monoisotopic (exact) mass is 352 g/mol. The van der Waals surface area contributed by atoms with E-state index < -0.39 is 0 Å². The van der Waals surface area contributed by atoms with Gasteiger partial charge in [0, 0.05) is 12.7 Å². The average Bonchev–Trinajstić information content (AvgIpc) is 2.98. The summed E-state index contributed by atoms with van der Waals surface area (Å²) in [7, 11) is 0. The van der Waals surface area contributed by atoms with Crippen molar-refractivity contribution in [1.29, 1.82) is 0 Å². The van der Waals surface area contributed by atoms with Crippen LogP contribution in [0.3, 0.4) is 0 Å². The maximum absolute atomic E-state index is 12.5. The van der Waals surface area contributed by atoms with Gasteiger partial charge in [-0.05, 0) is 24.3 Å². The van der Waals surface area contributed by atoms with Crippen LogP contribution in [0.1, 0.15) is 5.69 Å². The van der Waals surface area contributed by atoms with Crippen molar-refractivity contribution < 1.29 is 0 Å². The van der Waals surface area contributed by atoms with Crippen molar-refractivity contribution >= 4 is 22.8 Å². The number of pyridine rings is 1. The third kappa shape index (κ3) is 2.59. The molecule has 3 N–H and O–H groups in total. The van der Waals surface area contributed by atoms with Gasteiger partial charge in [-0.3, -0.25) is 0 Å². The maximum atomic E-state index is 12.5. The Kier molecular flexibility index (Phi) is 3.79. The first-order valence-electron chi connectivity index (χ1n) is 7.57. The summed E-state index contributed by atoms with van der Waals surface area (Å²) in [6, 6.07) is 12.8. The molecule has 0 amide bonds. The lowest BCUT2D eigenvalue weighted by Gasteiger charge is -2.07. The highest BCUT2D eigenvalue weighted by Gasteiger charge is 2.17. The fourth-order valence-corrected chi connectivity index (χ4v) is 2.88. The summed E-state index contributed by atoms with van der Waals surface area (Å²) in [5.41, 5.74) is 8.29. The van der Waals surface area contributed by atoms with Crippen molar-refractivity contribution in [2.45, 2.75) is 6.54 Å². The van der Waals surface area contributed by atoms with Crippen molar-refractivity contribution in [3.63, 3.8) is 0 Å². The Bertz CT molecular complexity index is 1120. The van der Waals surface area contributed by atoms with E-state index in [9.17, 15) is 4.79 Å². The minimum Gasteiger partial charge on any atom is -0.325 e. The predicted octanol–water partition coefficient (Wildman–Crippen LogP) is 2.28. The Morgan fingerprint density at radius 1 is 1.12 bits per heavy atom. The van der Waals surface area contributed by atoms with E-state index >= 15 is 0 Å². The Hall–Kier alpha value is -3.03. The van der Waals surface area contributed by atoms with Gasteiger partial charge in [-0.15, -0.1) is 0 Å². The average molecular weight is 353 g/mol. The van der Waals surface area contributed by atoms with Gasteiger partial charge < -0.3 is 10.7 Å². The van der Waals surface area contributed by atoms with Gasteiger partial charge in [-0.2, -0.15) is 0 Å². The lowest BCUT2D eigenvalue weighted by atomic mass is 10.2. The number of para-hydroxylation sites is 1. The molecular formula is C17H13ClN6O. The van der Waals surface area contributed by atoms with Crippen LogP contribution in [0.5, 0.6) is 0 Å². The molecule has 0 aliphatic rings. The van der Waals surface area contributed by atoms with Crippen LogP contribution in [-0.4, -0.2) is 24.5 Å². The van der Waals surface area contributed by atoms with E-state index in [0.717, 1.165) is 0 Å². The topological polar surface area (TPSA) is 102 Å². The number of halogens is 1. The molecule has 0 aliphatic carbocycles. The molecule has 124 valence electrons. The van der Waals surface area contributed by atoms with Crippen LogP contribution >= 0.6 is 11.6 Å².